The van der Waals surface area contributed by atoms with Crippen molar-refractivity contribution >= 4 is 16.6 Å². The molecule has 4 rings (SSSR count). The SMILES string of the molecule is CN(C)c1nnc(OCC2=CC=CC(CNCCc3ccccc3)N2)c2ccccc12. The van der Waals surface area contributed by atoms with Gasteiger partial charge in [-0.05, 0) is 30.7 Å². The first-order valence-corrected chi connectivity index (χ1v) is 10.6. The maximum Gasteiger partial charge on any atom is 0.241 e. The molecule has 1 atom stereocenters. The Labute approximate surface area is 183 Å². The fourth-order valence-corrected chi connectivity index (χ4v) is 3.63. The molecule has 2 aromatic carbocycles. The molecule has 0 spiro atoms. The van der Waals surface area contributed by atoms with E-state index in [9.17, 15) is 0 Å². The minimum Gasteiger partial charge on any atom is -0.470 e. The summed E-state index contributed by atoms with van der Waals surface area (Å²) in [5.74, 6) is 1.39. The zero-order valence-electron chi connectivity index (χ0n) is 18.1. The molecule has 0 radical (unpaired) electrons. The largest absolute Gasteiger partial charge is 0.470 e. The van der Waals surface area contributed by atoms with Crippen LogP contribution in [0.4, 0.5) is 5.82 Å². The molecule has 0 saturated carbocycles. The van der Waals surface area contributed by atoms with Crippen molar-refractivity contribution in [1.82, 2.24) is 20.8 Å². The molecular weight excluding hydrogens is 386 g/mol. The number of allylic oxidation sites excluding steroid dienone is 2. The first kappa shape index (κ1) is 20.9. The highest BCUT2D eigenvalue weighted by atomic mass is 16.5. The first-order valence-electron chi connectivity index (χ1n) is 10.6. The molecule has 0 aliphatic carbocycles. The fraction of sp³-hybridized carbons (Fsp3) is 0.280. The molecule has 1 aliphatic rings. The van der Waals surface area contributed by atoms with E-state index in [1.165, 1.54) is 5.56 Å². The number of benzene rings is 2. The quantitative estimate of drug-likeness (QED) is 0.523. The lowest BCUT2D eigenvalue weighted by molar-refractivity contribution is 0.326. The van der Waals surface area contributed by atoms with Gasteiger partial charge in [0.1, 0.15) is 6.61 Å². The van der Waals surface area contributed by atoms with Crippen LogP contribution >= 0.6 is 0 Å². The van der Waals surface area contributed by atoms with Crippen molar-refractivity contribution in [2.75, 3.05) is 38.7 Å². The highest BCUT2D eigenvalue weighted by Gasteiger charge is 2.14. The van der Waals surface area contributed by atoms with Gasteiger partial charge in [-0.15, -0.1) is 10.2 Å². The summed E-state index contributed by atoms with van der Waals surface area (Å²) in [4.78, 5) is 1.96. The Morgan fingerprint density at radius 3 is 2.58 bits per heavy atom. The van der Waals surface area contributed by atoms with Gasteiger partial charge in [0.15, 0.2) is 5.82 Å². The van der Waals surface area contributed by atoms with E-state index >= 15 is 0 Å². The maximum atomic E-state index is 6.05. The predicted octanol–water partition coefficient (Wildman–Crippen LogP) is 3.32. The molecule has 2 heterocycles. The lowest BCUT2D eigenvalue weighted by Crippen LogP contribution is -2.39. The predicted molar refractivity (Wildman–Crippen MR) is 127 cm³/mol. The Morgan fingerprint density at radius 1 is 1.00 bits per heavy atom. The van der Waals surface area contributed by atoms with E-state index in [0.717, 1.165) is 41.8 Å². The van der Waals surface area contributed by atoms with Crippen molar-refractivity contribution in [2.24, 2.45) is 0 Å². The van der Waals surface area contributed by atoms with E-state index in [0.29, 0.717) is 12.5 Å². The Balaban J connectivity index is 1.30. The average molecular weight is 416 g/mol. The van der Waals surface area contributed by atoms with E-state index < -0.39 is 0 Å². The van der Waals surface area contributed by atoms with Crippen molar-refractivity contribution in [2.45, 2.75) is 12.5 Å². The molecule has 0 bridgehead atoms. The number of aromatic nitrogens is 2. The second-order valence-electron chi connectivity index (χ2n) is 7.82. The molecule has 160 valence electrons. The minimum absolute atomic E-state index is 0.235. The number of fused-ring (bicyclic) bond motifs is 1. The van der Waals surface area contributed by atoms with Gasteiger partial charge in [0, 0.05) is 37.1 Å². The standard InChI is InChI=1S/C25H29N5O/c1-30(2)24-22-13-6-7-14-23(22)25(29-28-24)31-18-21-12-8-11-20(27-21)17-26-16-15-19-9-4-3-5-10-19/h3-14,20,26-27H,15-18H2,1-2H3. The zero-order chi connectivity index (χ0) is 21.5. The van der Waals surface area contributed by atoms with E-state index in [1.54, 1.807) is 0 Å². The molecule has 1 unspecified atom stereocenters. The third-order valence-electron chi connectivity index (χ3n) is 5.23. The number of hydrogen-bond donors (Lipinski definition) is 2. The van der Waals surface area contributed by atoms with Crippen LogP contribution in [-0.2, 0) is 6.42 Å². The minimum atomic E-state index is 0.235. The molecule has 0 saturated heterocycles. The van der Waals surface area contributed by atoms with Crippen molar-refractivity contribution < 1.29 is 4.74 Å². The van der Waals surface area contributed by atoms with Crippen molar-refractivity contribution in [3.05, 3.63) is 84.1 Å². The fourth-order valence-electron chi connectivity index (χ4n) is 3.63. The molecule has 6 nitrogen and oxygen atoms in total. The lowest BCUT2D eigenvalue weighted by Gasteiger charge is -2.22. The Hall–Kier alpha value is -3.38. The van der Waals surface area contributed by atoms with Crippen LogP contribution in [0.1, 0.15) is 5.56 Å². The Morgan fingerprint density at radius 2 is 1.77 bits per heavy atom. The number of rotatable bonds is 9. The third kappa shape index (κ3) is 5.41. The van der Waals surface area contributed by atoms with E-state index in [2.05, 4.69) is 63.3 Å². The monoisotopic (exact) mass is 415 g/mol. The van der Waals surface area contributed by atoms with Crippen LogP contribution in [0.25, 0.3) is 10.8 Å². The van der Waals surface area contributed by atoms with Crippen molar-refractivity contribution in [1.29, 1.82) is 0 Å². The second-order valence-corrected chi connectivity index (χ2v) is 7.82. The van der Waals surface area contributed by atoms with Crippen molar-refractivity contribution in [3.8, 4) is 5.88 Å². The number of nitrogens with one attached hydrogen (secondary N) is 2. The molecule has 1 aliphatic heterocycles. The molecule has 6 heteroatoms. The van der Waals surface area contributed by atoms with Gasteiger partial charge in [0.25, 0.3) is 0 Å². The Kier molecular flexibility index (Phi) is 6.79. The van der Waals surface area contributed by atoms with Crippen LogP contribution in [0.2, 0.25) is 0 Å². The van der Waals surface area contributed by atoms with Crippen LogP contribution in [0.5, 0.6) is 5.88 Å². The smallest absolute Gasteiger partial charge is 0.241 e. The van der Waals surface area contributed by atoms with Gasteiger partial charge >= 0.3 is 0 Å². The van der Waals surface area contributed by atoms with Gasteiger partial charge in [0.2, 0.25) is 5.88 Å². The van der Waals surface area contributed by atoms with Gasteiger partial charge in [0.05, 0.1) is 6.04 Å². The van der Waals surface area contributed by atoms with Gasteiger partial charge in [-0.2, -0.15) is 0 Å². The van der Waals surface area contributed by atoms with Crippen LogP contribution in [0.15, 0.2) is 78.5 Å². The van der Waals surface area contributed by atoms with Crippen LogP contribution < -0.4 is 20.3 Å². The summed E-state index contributed by atoms with van der Waals surface area (Å²) in [6.45, 7) is 2.23. The molecule has 0 fully saturated rings. The number of anilines is 1. The molecule has 0 amide bonds. The Bertz CT molecular complexity index is 1060. The molecule has 1 aromatic heterocycles. The average Bonchev–Trinajstić information content (AvgIpc) is 2.81. The second kappa shape index (κ2) is 10.1. The van der Waals surface area contributed by atoms with Crippen LogP contribution in [0.3, 0.4) is 0 Å². The lowest BCUT2D eigenvalue weighted by atomic mass is 10.1. The summed E-state index contributed by atoms with van der Waals surface area (Å²) >= 11 is 0. The molecule has 2 N–H and O–H groups in total. The van der Waals surface area contributed by atoms with E-state index in [-0.39, 0.29) is 6.04 Å². The summed E-state index contributed by atoms with van der Waals surface area (Å²) in [5.41, 5.74) is 2.38. The molecule has 31 heavy (non-hydrogen) atoms. The topological polar surface area (TPSA) is 62.3 Å². The maximum absolute atomic E-state index is 6.05. The normalized spacial score (nSPS) is 15.4. The summed E-state index contributed by atoms with van der Waals surface area (Å²) in [6, 6.07) is 18.8. The summed E-state index contributed by atoms with van der Waals surface area (Å²) < 4.78 is 6.05. The van der Waals surface area contributed by atoms with E-state index in [4.69, 9.17) is 4.74 Å². The summed E-state index contributed by atoms with van der Waals surface area (Å²) in [7, 11) is 3.93. The first-order chi connectivity index (χ1) is 15.2. The van der Waals surface area contributed by atoms with Crippen molar-refractivity contribution in [3.63, 3.8) is 0 Å². The molecular formula is C25H29N5O. The summed E-state index contributed by atoms with van der Waals surface area (Å²) in [5, 5.41) is 17.7. The van der Waals surface area contributed by atoms with Crippen LogP contribution in [-0.4, -0.2) is 50.0 Å². The highest BCUT2D eigenvalue weighted by Crippen LogP contribution is 2.28. The third-order valence-corrected chi connectivity index (χ3v) is 5.23. The number of ether oxygens (including phenoxy) is 1. The van der Waals surface area contributed by atoms with Gasteiger partial charge < -0.3 is 20.3 Å². The number of hydrogen-bond acceptors (Lipinski definition) is 6. The molecule has 3 aromatic rings. The van der Waals surface area contributed by atoms with Crippen LogP contribution in [0, 0.1) is 0 Å². The van der Waals surface area contributed by atoms with E-state index in [1.807, 2.05) is 49.3 Å². The highest BCUT2D eigenvalue weighted by molar-refractivity contribution is 5.94. The number of nitrogens with zero attached hydrogens (tertiary/aromatic N) is 3. The number of dihydropyridines is 1. The van der Waals surface area contributed by atoms with Gasteiger partial charge in [-0.3, -0.25) is 0 Å². The summed E-state index contributed by atoms with van der Waals surface area (Å²) in [6.07, 6.45) is 7.32. The zero-order valence-corrected chi connectivity index (χ0v) is 18.1. The van der Waals surface area contributed by atoms with Gasteiger partial charge in [-0.25, -0.2) is 0 Å². The van der Waals surface area contributed by atoms with Gasteiger partial charge in [-0.1, -0.05) is 60.7 Å².